The molecule has 1 N–H and O–H groups in total. The fraction of sp³-hybridized carbons (Fsp3) is 0.652. The molecular formula is C23H33NO7. The molecule has 0 aliphatic carbocycles. The van der Waals surface area contributed by atoms with Gasteiger partial charge in [0.2, 0.25) is 0 Å². The number of morpholine rings is 1. The molecule has 0 aromatic heterocycles. The van der Waals surface area contributed by atoms with Crippen LogP contribution in [-0.2, 0) is 32.0 Å². The van der Waals surface area contributed by atoms with Crippen molar-refractivity contribution in [2.24, 2.45) is 5.92 Å². The minimum Gasteiger partial charge on any atom is -0.507 e. The lowest BCUT2D eigenvalue weighted by Gasteiger charge is -2.31. The number of carbonyl (C=O) groups is 2. The Morgan fingerprint density at radius 1 is 1.23 bits per heavy atom. The van der Waals surface area contributed by atoms with Crippen LogP contribution in [0.3, 0.4) is 0 Å². The van der Waals surface area contributed by atoms with Crippen LogP contribution in [0.5, 0.6) is 11.5 Å². The van der Waals surface area contributed by atoms with E-state index in [0.717, 1.165) is 25.1 Å². The van der Waals surface area contributed by atoms with E-state index in [2.05, 4.69) is 11.8 Å². The Labute approximate surface area is 183 Å². The van der Waals surface area contributed by atoms with Crippen LogP contribution in [-0.4, -0.2) is 61.6 Å². The molecule has 1 fully saturated rings. The number of benzene rings is 1. The van der Waals surface area contributed by atoms with Gasteiger partial charge in [0.15, 0.2) is 6.23 Å². The average molecular weight is 436 g/mol. The molecule has 172 valence electrons. The summed E-state index contributed by atoms with van der Waals surface area (Å²) in [5.74, 6) is 0.0781. The Hall–Kier alpha value is -2.32. The fourth-order valence-electron chi connectivity index (χ4n) is 4.23. The van der Waals surface area contributed by atoms with Gasteiger partial charge in [0.1, 0.15) is 23.7 Å². The van der Waals surface area contributed by atoms with E-state index in [1.165, 1.54) is 0 Å². The number of methoxy groups -OCH3 is 1. The number of phenols is 1. The summed E-state index contributed by atoms with van der Waals surface area (Å²) in [6.07, 6.45) is 2.06. The fourth-order valence-corrected chi connectivity index (χ4v) is 4.23. The smallest absolute Gasteiger partial charge is 0.342 e. The number of phenolic OH excluding ortho intramolecular Hbond substituents is 1. The number of hydrogen-bond donors (Lipinski definition) is 1. The van der Waals surface area contributed by atoms with Crippen molar-refractivity contribution in [1.29, 1.82) is 0 Å². The zero-order valence-electron chi connectivity index (χ0n) is 18.9. The van der Waals surface area contributed by atoms with Gasteiger partial charge in [-0.3, -0.25) is 9.69 Å². The largest absolute Gasteiger partial charge is 0.507 e. The summed E-state index contributed by atoms with van der Waals surface area (Å²) in [7, 11) is 1.56. The SMILES string of the molecule is COc1c(C)c2c(c(O)c1CCC(C)CCC(=O)OC(C)N1CCOCC1)C(=O)OC2. The van der Waals surface area contributed by atoms with E-state index in [9.17, 15) is 14.7 Å². The van der Waals surface area contributed by atoms with Crippen molar-refractivity contribution in [2.75, 3.05) is 33.4 Å². The Morgan fingerprint density at radius 2 is 1.94 bits per heavy atom. The van der Waals surface area contributed by atoms with E-state index in [0.29, 0.717) is 49.4 Å². The molecule has 1 aromatic carbocycles. The van der Waals surface area contributed by atoms with Crippen molar-refractivity contribution < 1.29 is 33.6 Å². The highest BCUT2D eigenvalue weighted by Crippen LogP contribution is 2.42. The minimum atomic E-state index is -0.496. The van der Waals surface area contributed by atoms with Crippen LogP contribution in [0.25, 0.3) is 0 Å². The number of carbonyl (C=O) groups excluding carboxylic acids is 2. The van der Waals surface area contributed by atoms with E-state index < -0.39 is 5.97 Å². The zero-order chi connectivity index (χ0) is 22.5. The van der Waals surface area contributed by atoms with Crippen LogP contribution in [0, 0.1) is 12.8 Å². The van der Waals surface area contributed by atoms with E-state index in [4.69, 9.17) is 18.9 Å². The van der Waals surface area contributed by atoms with Crippen LogP contribution in [0.4, 0.5) is 0 Å². The third-order valence-corrected chi connectivity index (χ3v) is 6.24. The average Bonchev–Trinajstić information content (AvgIpc) is 3.16. The molecule has 0 saturated carbocycles. The van der Waals surface area contributed by atoms with Crippen molar-refractivity contribution in [3.05, 3.63) is 22.3 Å². The van der Waals surface area contributed by atoms with Crippen molar-refractivity contribution in [1.82, 2.24) is 4.90 Å². The second-order valence-electron chi connectivity index (χ2n) is 8.34. The van der Waals surface area contributed by atoms with Gasteiger partial charge >= 0.3 is 11.9 Å². The van der Waals surface area contributed by atoms with Crippen LogP contribution >= 0.6 is 0 Å². The van der Waals surface area contributed by atoms with E-state index in [1.807, 2.05) is 13.8 Å². The zero-order valence-corrected chi connectivity index (χ0v) is 18.9. The first-order chi connectivity index (χ1) is 14.8. The highest BCUT2D eigenvalue weighted by Gasteiger charge is 2.32. The minimum absolute atomic E-state index is 0.0501. The summed E-state index contributed by atoms with van der Waals surface area (Å²) in [6, 6.07) is 0. The molecule has 8 heteroatoms. The lowest BCUT2D eigenvalue weighted by molar-refractivity contribution is -0.161. The highest BCUT2D eigenvalue weighted by atomic mass is 16.6. The number of cyclic esters (lactones) is 1. The molecular weight excluding hydrogens is 402 g/mol. The Balaban J connectivity index is 1.53. The van der Waals surface area contributed by atoms with Crippen molar-refractivity contribution in [3.8, 4) is 11.5 Å². The molecule has 1 saturated heterocycles. The lowest BCUT2D eigenvalue weighted by Crippen LogP contribution is -2.44. The topological polar surface area (TPSA) is 94.5 Å². The number of aromatic hydroxyl groups is 1. The summed E-state index contributed by atoms with van der Waals surface area (Å²) >= 11 is 0. The van der Waals surface area contributed by atoms with Gasteiger partial charge in [-0.25, -0.2) is 4.79 Å². The Morgan fingerprint density at radius 3 is 2.61 bits per heavy atom. The van der Waals surface area contributed by atoms with Crippen molar-refractivity contribution in [2.45, 2.75) is 59.3 Å². The maximum Gasteiger partial charge on any atom is 0.342 e. The maximum absolute atomic E-state index is 12.2. The summed E-state index contributed by atoms with van der Waals surface area (Å²) in [6.45, 7) is 8.85. The van der Waals surface area contributed by atoms with Gasteiger partial charge in [0, 0.05) is 30.6 Å². The molecule has 2 aliphatic rings. The summed E-state index contributed by atoms with van der Waals surface area (Å²) < 4.78 is 21.5. The lowest BCUT2D eigenvalue weighted by atomic mass is 9.91. The Bertz CT molecular complexity index is 817. The molecule has 0 amide bonds. The molecule has 8 nitrogen and oxygen atoms in total. The van der Waals surface area contributed by atoms with Crippen LogP contribution < -0.4 is 4.74 Å². The number of rotatable bonds is 9. The third kappa shape index (κ3) is 5.30. The van der Waals surface area contributed by atoms with Gasteiger partial charge in [-0.15, -0.1) is 0 Å². The standard InChI is InChI=1S/C23H33NO7/c1-14(6-8-19(25)31-16(3)24-9-11-29-12-10-24)5-7-17-21(26)20-18(13-30-23(20)27)15(2)22(17)28-4/h14,16,26H,5-13H2,1-4H3. The molecule has 2 aliphatic heterocycles. The monoisotopic (exact) mass is 435 g/mol. The number of nitrogens with zero attached hydrogens (tertiary/aromatic N) is 1. The normalized spacial score (nSPS) is 18.3. The predicted molar refractivity (Wildman–Crippen MR) is 113 cm³/mol. The Kier molecular flexibility index (Phi) is 7.78. The van der Waals surface area contributed by atoms with Crippen LogP contribution in [0.1, 0.15) is 60.2 Å². The number of esters is 2. The van der Waals surface area contributed by atoms with Gasteiger partial charge in [-0.05, 0) is 44.6 Å². The number of ether oxygens (including phenoxy) is 4. The van der Waals surface area contributed by atoms with Gasteiger partial charge in [-0.1, -0.05) is 6.92 Å². The predicted octanol–water partition coefficient (Wildman–Crippen LogP) is 2.95. The maximum atomic E-state index is 12.2. The van der Waals surface area contributed by atoms with Crippen LogP contribution in [0.15, 0.2) is 0 Å². The van der Waals surface area contributed by atoms with E-state index in [1.54, 1.807) is 7.11 Å². The first-order valence-corrected chi connectivity index (χ1v) is 10.9. The quantitative estimate of drug-likeness (QED) is 0.592. The second-order valence-corrected chi connectivity index (χ2v) is 8.34. The molecule has 2 atom stereocenters. The molecule has 0 spiro atoms. The van der Waals surface area contributed by atoms with Crippen molar-refractivity contribution in [3.63, 3.8) is 0 Å². The van der Waals surface area contributed by atoms with Gasteiger partial charge < -0.3 is 24.1 Å². The highest BCUT2D eigenvalue weighted by molar-refractivity contribution is 5.98. The van der Waals surface area contributed by atoms with E-state index >= 15 is 0 Å². The summed E-state index contributed by atoms with van der Waals surface area (Å²) in [5.41, 5.74) is 2.38. The molecule has 2 heterocycles. The number of fused-ring (bicyclic) bond motifs is 1. The van der Waals surface area contributed by atoms with Gasteiger partial charge in [0.05, 0.1) is 20.3 Å². The molecule has 0 bridgehead atoms. The second kappa shape index (κ2) is 10.3. The summed E-state index contributed by atoms with van der Waals surface area (Å²) in [5, 5.41) is 10.7. The summed E-state index contributed by atoms with van der Waals surface area (Å²) in [4.78, 5) is 26.4. The molecule has 0 radical (unpaired) electrons. The van der Waals surface area contributed by atoms with Crippen molar-refractivity contribution >= 4 is 11.9 Å². The number of hydrogen-bond acceptors (Lipinski definition) is 8. The van der Waals surface area contributed by atoms with E-state index in [-0.39, 0.29) is 36.0 Å². The third-order valence-electron chi connectivity index (χ3n) is 6.24. The molecule has 2 unspecified atom stereocenters. The molecule has 1 aromatic rings. The van der Waals surface area contributed by atoms with Crippen LogP contribution in [0.2, 0.25) is 0 Å². The van der Waals surface area contributed by atoms with Gasteiger partial charge in [0.25, 0.3) is 0 Å². The first kappa shape index (κ1) is 23.3. The first-order valence-electron chi connectivity index (χ1n) is 10.9. The molecule has 31 heavy (non-hydrogen) atoms. The van der Waals surface area contributed by atoms with Gasteiger partial charge in [-0.2, -0.15) is 0 Å². The molecule has 3 rings (SSSR count).